The van der Waals surface area contributed by atoms with Crippen molar-refractivity contribution in [1.29, 1.82) is 0 Å². The second kappa shape index (κ2) is 5.38. The summed E-state index contributed by atoms with van der Waals surface area (Å²) in [6.07, 6.45) is 0. The fourth-order valence-corrected chi connectivity index (χ4v) is 1.65. The molecule has 1 heterocycles. The maximum atomic E-state index is 10.8. The highest BCUT2D eigenvalue weighted by Crippen LogP contribution is 2.31. The average Bonchev–Trinajstić information content (AvgIpc) is 2.36. The molecule has 0 fully saturated rings. The predicted octanol–water partition coefficient (Wildman–Crippen LogP) is 3.79. The number of rotatable bonds is 3. The molecule has 19 heavy (non-hydrogen) atoms. The van der Waals surface area contributed by atoms with Crippen LogP contribution in [0.3, 0.4) is 0 Å². The van der Waals surface area contributed by atoms with Crippen molar-refractivity contribution >= 4 is 28.9 Å². The Kier molecular flexibility index (Phi) is 3.82. The SMILES string of the molecule is Cc1ccc(Oc2cc(Cl)nnc2Cl)cc1[N+](=O)[O-]. The van der Waals surface area contributed by atoms with Gasteiger partial charge >= 0.3 is 0 Å². The zero-order chi connectivity index (χ0) is 14.0. The van der Waals surface area contributed by atoms with Crippen molar-refractivity contribution < 1.29 is 9.66 Å². The van der Waals surface area contributed by atoms with Gasteiger partial charge in [-0.3, -0.25) is 10.1 Å². The van der Waals surface area contributed by atoms with Gasteiger partial charge in [-0.2, -0.15) is 0 Å². The molecule has 0 bridgehead atoms. The van der Waals surface area contributed by atoms with E-state index in [9.17, 15) is 10.1 Å². The zero-order valence-electron chi connectivity index (χ0n) is 9.63. The molecule has 0 radical (unpaired) electrons. The molecule has 98 valence electrons. The summed E-state index contributed by atoms with van der Waals surface area (Å²) in [6, 6.07) is 5.85. The van der Waals surface area contributed by atoms with Crippen LogP contribution in [-0.2, 0) is 0 Å². The Bertz CT molecular complexity index is 649. The van der Waals surface area contributed by atoms with E-state index in [1.807, 2.05) is 0 Å². The number of aromatic nitrogens is 2. The van der Waals surface area contributed by atoms with Gasteiger partial charge in [0.05, 0.1) is 11.0 Å². The van der Waals surface area contributed by atoms with Gasteiger partial charge in [-0.05, 0) is 19.1 Å². The zero-order valence-corrected chi connectivity index (χ0v) is 11.1. The lowest BCUT2D eigenvalue weighted by Gasteiger charge is -2.07. The van der Waals surface area contributed by atoms with E-state index in [0.717, 1.165) is 0 Å². The fraction of sp³-hybridized carbons (Fsp3) is 0.0909. The van der Waals surface area contributed by atoms with Crippen LogP contribution >= 0.6 is 23.2 Å². The molecule has 1 aromatic carbocycles. The first-order valence-electron chi connectivity index (χ1n) is 5.09. The third kappa shape index (κ3) is 3.10. The Balaban J connectivity index is 2.36. The summed E-state index contributed by atoms with van der Waals surface area (Å²) in [5.41, 5.74) is 0.496. The smallest absolute Gasteiger partial charge is 0.276 e. The fourth-order valence-electron chi connectivity index (χ4n) is 1.39. The maximum Gasteiger partial charge on any atom is 0.276 e. The minimum absolute atomic E-state index is 0.0210. The molecule has 2 aromatic rings. The molecular weight excluding hydrogens is 293 g/mol. The highest BCUT2D eigenvalue weighted by atomic mass is 35.5. The van der Waals surface area contributed by atoms with Crippen LogP contribution < -0.4 is 4.74 Å². The largest absolute Gasteiger partial charge is 0.454 e. The molecule has 0 unspecified atom stereocenters. The highest BCUT2D eigenvalue weighted by molar-refractivity contribution is 6.32. The van der Waals surface area contributed by atoms with E-state index < -0.39 is 4.92 Å². The summed E-state index contributed by atoms with van der Waals surface area (Å²) in [5.74, 6) is 0.447. The number of nitro benzene ring substituents is 1. The molecule has 0 atom stereocenters. The molecule has 2 rings (SSSR count). The minimum Gasteiger partial charge on any atom is -0.454 e. The summed E-state index contributed by atoms with van der Waals surface area (Å²) in [6.45, 7) is 1.64. The van der Waals surface area contributed by atoms with Gasteiger partial charge in [-0.1, -0.05) is 23.2 Å². The number of hydrogen-bond acceptors (Lipinski definition) is 5. The molecule has 0 saturated carbocycles. The Morgan fingerprint density at radius 3 is 2.68 bits per heavy atom. The number of ether oxygens (including phenoxy) is 1. The van der Waals surface area contributed by atoms with E-state index in [2.05, 4.69) is 10.2 Å². The van der Waals surface area contributed by atoms with E-state index in [1.54, 1.807) is 19.1 Å². The molecule has 0 N–H and O–H groups in total. The topological polar surface area (TPSA) is 78.2 Å². The minimum atomic E-state index is -0.485. The van der Waals surface area contributed by atoms with Crippen molar-refractivity contribution in [3.05, 3.63) is 50.2 Å². The summed E-state index contributed by atoms with van der Waals surface area (Å²) < 4.78 is 5.41. The summed E-state index contributed by atoms with van der Waals surface area (Å²) in [4.78, 5) is 10.3. The van der Waals surface area contributed by atoms with Gasteiger partial charge in [-0.25, -0.2) is 0 Å². The Hall–Kier alpha value is -1.92. The van der Waals surface area contributed by atoms with Crippen molar-refractivity contribution in [2.24, 2.45) is 0 Å². The second-order valence-corrected chi connectivity index (χ2v) is 4.37. The van der Waals surface area contributed by atoms with Crippen LogP contribution in [0.25, 0.3) is 0 Å². The average molecular weight is 300 g/mol. The monoisotopic (exact) mass is 299 g/mol. The highest BCUT2D eigenvalue weighted by Gasteiger charge is 2.13. The van der Waals surface area contributed by atoms with Gasteiger partial charge in [0.1, 0.15) is 5.75 Å². The summed E-state index contributed by atoms with van der Waals surface area (Å²) >= 11 is 11.5. The first kappa shape index (κ1) is 13.5. The lowest BCUT2D eigenvalue weighted by Crippen LogP contribution is -1.94. The van der Waals surface area contributed by atoms with Crippen molar-refractivity contribution in [2.45, 2.75) is 6.92 Å². The van der Waals surface area contributed by atoms with Crippen LogP contribution in [0.15, 0.2) is 24.3 Å². The van der Waals surface area contributed by atoms with Gasteiger partial charge in [-0.15, -0.1) is 10.2 Å². The van der Waals surface area contributed by atoms with E-state index in [0.29, 0.717) is 5.56 Å². The first-order chi connectivity index (χ1) is 8.97. The van der Waals surface area contributed by atoms with E-state index in [-0.39, 0.29) is 27.5 Å². The molecular formula is C11H7Cl2N3O3. The van der Waals surface area contributed by atoms with Crippen LogP contribution in [0.5, 0.6) is 11.5 Å². The first-order valence-corrected chi connectivity index (χ1v) is 5.84. The number of halogens is 2. The van der Waals surface area contributed by atoms with Crippen molar-refractivity contribution in [3.63, 3.8) is 0 Å². The number of hydrogen-bond donors (Lipinski definition) is 0. The normalized spacial score (nSPS) is 10.3. The van der Waals surface area contributed by atoms with Crippen LogP contribution in [0, 0.1) is 17.0 Å². The third-order valence-electron chi connectivity index (χ3n) is 2.29. The summed E-state index contributed by atoms with van der Waals surface area (Å²) in [5, 5.41) is 18.1. The van der Waals surface area contributed by atoms with Crippen LogP contribution in [0.4, 0.5) is 5.69 Å². The van der Waals surface area contributed by atoms with Crippen molar-refractivity contribution in [1.82, 2.24) is 10.2 Å². The van der Waals surface area contributed by atoms with E-state index in [4.69, 9.17) is 27.9 Å². The molecule has 0 amide bonds. The molecule has 0 aliphatic rings. The van der Waals surface area contributed by atoms with Gasteiger partial charge in [0.25, 0.3) is 5.69 Å². The third-order valence-corrected chi connectivity index (χ3v) is 2.74. The molecule has 1 aromatic heterocycles. The van der Waals surface area contributed by atoms with E-state index >= 15 is 0 Å². The van der Waals surface area contributed by atoms with Gasteiger partial charge < -0.3 is 4.74 Å². The lowest BCUT2D eigenvalue weighted by atomic mass is 10.2. The van der Waals surface area contributed by atoms with Gasteiger partial charge in [0, 0.05) is 11.6 Å². The quantitative estimate of drug-likeness (QED) is 0.636. The molecule has 0 aliphatic heterocycles. The Labute approximate surface area is 118 Å². The van der Waals surface area contributed by atoms with Gasteiger partial charge in [0.15, 0.2) is 16.1 Å². The number of benzene rings is 1. The second-order valence-electron chi connectivity index (χ2n) is 3.63. The number of aryl methyl sites for hydroxylation is 1. The Morgan fingerprint density at radius 2 is 2.00 bits per heavy atom. The Morgan fingerprint density at radius 1 is 1.26 bits per heavy atom. The molecule has 8 heteroatoms. The standard InChI is InChI=1S/C11H7Cl2N3O3/c1-6-2-3-7(4-8(6)16(17)18)19-9-5-10(12)14-15-11(9)13/h2-5H,1H3. The molecule has 0 saturated heterocycles. The van der Waals surface area contributed by atoms with Crippen molar-refractivity contribution in [3.8, 4) is 11.5 Å². The van der Waals surface area contributed by atoms with E-state index in [1.165, 1.54) is 12.1 Å². The lowest BCUT2D eigenvalue weighted by molar-refractivity contribution is -0.385. The molecule has 0 aliphatic carbocycles. The van der Waals surface area contributed by atoms with Crippen LogP contribution in [0.2, 0.25) is 10.3 Å². The van der Waals surface area contributed by atoms with Gasteiger partial charge in [0.2, 0.25) is 0 Å². The van der Waals surface area contributed by atoms with Crippen molar-refractivity contribution in [2.75, 3.05) is 0 Å². The molecule has 0 spiro atoms. The molecule has 6 nitrogen and oxygen atoms in total. The summed E-state index contributed by atoms with van der Waals surface area (Å²) in [7, 11) is 0. The number of nitrogens with zero attached hydrogens (tertiary/aromatic N) is 3. The predicted molar refractivity (Wildman–Crippen MR) is 70.0 cm³/mol. The number of nitro groups is 1. The maximum absolute atomic E-state index is 10.8. The van der Waals surface area contributed by atoms with Crippen LogP contribution in [-0.4, -0.2) is 15.1 Å². The van der Waals surface area contributed by atoms with Crippen LogP contribution in [0.1, 0.15) is 5.56 Å².